The SMILES string of the molecule is C=C(C)O[C@H](C(=O)N1CCN(c2nc(Nc3cc(C)[nH]n3)c3cccn3n2)CC1)c1ccccc1. The molecule has 10 nitrogen and oxygen atoms in total. The Morgan fingerprint density at radius 2 is 1.91 bits per heavy atom. The van der Waals surface area contributed by atoms with E-state index in [9.17, 15) is 4.79 Å². The number of fused-ring (bicyclic) bond motifs is 1. The van der Waals surface area contributed by atoms with Gasteiger partial charge < -0.3 is 19.9 Å². The lowest BCUT2D eigenvalue weighted by Gasteiger charge is -2.36. The molecule has 0 aliphatic carbocycles. The van der Waals surface area contributed by atoms with Gasteiger partial charge in [-0.3, -0.25) is 9.89 Å². The van der Waals surface area contributed by atoms with Gasteiger partial charge >= 0.3 is 0 Å². The number of hydrogen-bond acceptors (Lipinski definition) is 7. The van der Waals surface area contributed by atoms with Gasteiger partial charge in [-0.25, -0.2) is 4.52 Å². The molecule has 1 aliphatic heterocycles. The van der Waals surface area contributed by atoms with Crippen LogP contribution in [0.15, 0.2) is 67.1 Å². The normalized spacial score (nSPS) is 14.7. The Bertz CT molecular complexity index is 1340. The number of anilines is 3. The van der Waals surface area contributed by atoms with Crippen molar-refractivity contribution in [3.63, 3.8) is 0 Å². The van der Waals surface area contributed by atoms with Crippen molar-refractivity contribution >= 4 is 29.0 Å². The third kappa shape index (κ3) is 4.81. The molecule has 180 valence electrons. The van der Waals surface area contributed by atoms with Crippen LogP contribution in [0.3, 0.4) is 0 Å². The zero-order valence-corrected chi connectivity index (χ0v) is 19.8. The number of nitrogens with one attached hydrogen (secondary N) is 2. The Balaban J connectivity index is 1.32. The molecule has 0 bridgehead atoms. The van der Waals surface area contributed by atoms with E-state index in [0.717, 1.165) is 16.8 Å². The lowest BCUT2D eigenvalue weighted by Crippen LogP contribution is -2.50. The molecule has 1 saturated heterocycles. The molecule has 35 heavy (non-hydrogen) atoms. The predicted molar refractivity (Wildman–Crippen MR) is 133 cm³/mol. The summed E-state index contributed by atoms with van der Waals surface area (Å²) in [6, 6.07) is 15.3. The van der Waals surface area contributed by atoms with Crippen LogP contribution in [0.25, 0.3) is 5.52 Å². The molecule has 10 heteroatoms. The van der Waals surface area contributed by atoms with Gasteiger partial charge in [0.15, 0.2) is 11.6 Å². The molecule has 0 unspecified atom stereocenters. The highest BCUT2D eigenvalue weighted by Gasteiger charge is 2.31. The van der Waals surface area contributed by atoms with Gasteiger partial charge in [-0.15, -0.1) is 5.10 Å². The number of aryl methyl sites for hydroxylation is 1. The molecule has 0 saturated carbocycles. The maximum absolute atomic E-state index is 13.4. The lowest BCUT2D eigenvalue weighted by molar-refractivity contribution is -0.142. The Morgan fingerprint density at radius 3 is 2.60 bits per heavy atom. The van der Waals surface area contributed by atoms with E-state index in [1.54, 1.807) is 11.4 Å². The molecule has 1 amide bonds. The molecule has 5 rings (SSSR count). The fraction of sp³-hybridized carbons (Fsp3) is 0.280. The minimum atomic E-state index is -0.708. The van der Waals surface area contributed by atoms with Crippen LogP contribution in [0.4, 0.5) is 17.6 Å². The maximum Gasteiger partial charge on any atom is 0.268 e. The van der Waals surface area contributed by atoms with Gasteiger partial charge in [0.05, 0.1) is 5.76 Å². The second kappa shape index (κ2) is 9.49. The summed E-state index contributed by atoms with van der Waals surface area (Å²) < 4.78 is 7.63. The van der Waals surface area contributed by atoms with Gasteiger partial charge in [-0.1, -0.05) is 36.9 Å². The zero-order chi connectivity index (χ0) is 24.4. The van der Waals surface area contributed by atoms with Crippen LogP contribution in [-0.2, 0) is 9.53 Å². The van der Waals surface area contributed by atoms with Gasteiger partial charge in [0.1, 0.15) is 5.52 Å². The molecule has 1 atom stereocenters. The zero-order valence-electron chi connectivity index (χ0n) is 19.8. The number of piperazine rings is 1. The van der Waals surface area contributed by atoms with E-state index in [4.69, 9.17) is 9.72 Å². The van der Waals surface area contributed by atoms with Gasteiger partial charge in [-0.2, -0.15) is 10.1 Å². The van der Waals surface area contributed by atoms with Crippen molar-refractivity contribution in [3.8, 4) is 0 Å². The molecular weight excluding hydrogens is 444 g/mol. The van der Waals surface area contributed by atoms with Crippen LogP contribution in [0.1, 0.15) is 24.3 Å². The van der Waals surface area contributed by atoms with E-state index in [2.05, 4.69) is 32.1 Å². The number of amides is 1. The van der Waals surface area contributed by atoms with Crippen LogP contribution < -0.4 is 10.2 Å². The number of rotatable bonds is 7. The molecule has 1 aliphatic rings. The van der Waals surface area contributed by atoms with Crippen molar-refractivity contribution in [2.45, 2.75) is 20.0 Å². The Morgan fingerprint density at radius 1 is 1.14 bits per heavy atom. The molecule has 2 N–H and O–H groups in total. The second-order valence-corrected chi connectivity index (χ2v) is 8.58. The molecular formula is C25H28N8O2. The minimum absolute atomic E-state index is 0.0723. The number of allylic oxidation sites excluding steroid dienone is 1. The topological polar surface area (TPSA) is 104 Å². The van der Waals surface area contributed by atoms with Crippen LogP contribution in [0.5, 0.6) is 0 Å². The van der Waals surface area contributed by atoms with Crippen molar-refractivity contribution < 1.29 is 9.53 Å². The summed E-state index contributed by atoms with van der Waals surface area (Å²) in [6.07, 6.45) is 1.18. The van der Waals surface area contributed by atoms with Crippen LogP contribution in [0.2, 0.25) is 0 Å². The van der Waals surface area contributed by atoms with E-state index in [-0.39, 0.29) is 5.91 Å². The predicted octanol–water partition coefficient (Wildman–Crippen LogP) is 3.44. The highest BCUT2D eigenvalue weighted by atomic mass is 16.5. The molecule has 1 fully saturated rings. The van der Waals surface area contributed by atoms with E-state index in [0.29, 0.717) is 49.5 Å². The van der Waals surface area contributed by atoms with Crippen LogP contribution in [0, 0.1) is 6.92 Å². The summed E-state index contributed by atoms with van der Waals surface area (Å²) in [5, 5.41) is 15.1. The summed E-state index contributed by atoms with van der Waals surface area (Å²) in [7, 11) is 0. The molecule has 1 aromatic carbocycles. The number of ether oxygens (including phenoxy) is 1. The molecule has 0 spiro atoms. The average molecular weight is 473 g/mol. The summed E-state index contributed by atoms with van der Waals surface area (Å²) in [5.41, 5.74) is 2.62. The number of carbonyl (C=O) groups is 1. The third-order valence-corrected chi connectivity index (χ3v) is 5.85. The fourth-order valence-corrected chi connectivity index (χ4v) is 4.14. The summed E-state index contributed by atoms with van der Waals surface area (Å²) in [5.74, 6) is 2.38. The second-order valence-electron chi connectivity index (χ2n) is 8.58. The Labute approximate surface area is 203 Å². The molecule has 4 aromatic rings. The van der Waals surface area contributed by atoms with Crippen LogP contribution >= 0.6 is 0 Å². The number of hydrogen-bond donors (Lipinski definition) is 2. The Hall–Kier alpha value is -4.34. The monoisotopic (exact) mass is 472 g/mol. The number of aromatic amines is 1. The summed E-state index contributed by atoms with van der Waals surface area (Å²) in [4.78, 5) is 22.1. The summed E-state index contributed by atoms with van der Waals surface area (Å²) in [6.45, 7) is 9.81. The highest BCUT2D eigenvalue weighted by molar-refractivity contribution is 5.83. The third-order valence-electron chi connectivity index (χ3n) is 5.85. The van der Waals surface area contributed by atoms with Crippen molar-refractivity contribution in [1.82, 2.24) is 29.7 Å². The first-order chi connectivity index (χ1) is 17.0. The van der Waals surface area contributed by atoms with Gasteiger partial charge in [0, 0.05) is 49.7 Å². The maximum atomic E-state index is 13.4. The minimum Gasteiger partial charge on any atom is -0.481 e. The van der Waals surface area contributed by atoms with E-state index < -0.39 is 6.10 Å². The number of benzene rings is 1. The first-order valence-corrected chi connectivity index (χ1v) is 11.5. The van der Waals surface area contributed by atoms with Gasteiger partial charge in [0.25, 0.3) is 5.91 Å². The smallest absolute Gasteiger partial charge is 0.268 e. The summed E-state index contributed by atoms with van der Waals surface area (Å²) >= 11 is 0. The van der Waals surface area contributed by atoms with E-state index in [1.807, 2.05) is 66.6 Å². The van der Waals surface area contributed by atoms with Crippen molar-refractivity contribution in [2.75, 3.05) is 36.4 Å². The highest BCUT2D eigenvalue weighted by Crippen LogP contribution is 2.25. The van der Waals surface area contributed by atoms with E-state index in [1.165, 1.54) is 0 Å². The fourth-order valence-electron chi connectivity index (χ4n) is 4.14. The molecule has 4 heterocycles. The van der Waals surface area contributed by atoms with Crippen molar-refractivity contribution in [1.29, 1.82) is 0 Å². The first kappa shape index (κ1) is 22.5. The largest absolute Gasteiger partial charge is 0.481 e. The number of aromatic nitrogens is 5. The standard InChI is InChI=1S/C25H28N8O2/c1-17(2)35-22(19-8-5-4-6-9-19)24(34)31-12-14-32(15-13-31)25-27-23(20-10-7-11-33(20)30-25)26-21-16-18(3)28-29-21/h4-11,16,22H,1,12-15H2,2-3H3,(H2,26,27,28,29,30)/t22-/m0/s1. The first-order valence-electron chi connectivity index (χ1n) is 11.5. The van der Waals surface area contributed by atoms with Gasteiger partial charge in [-0.05, 0) is 26.0 Å². The lowest BCUT2D eigenvalue weighted by atomic mass is 10.1. The number of carbonyl (C=O) groups excluding carboxylic acids is 1. The Kier molecular flexibility index (Phi) is 6.09. The number of H-pyrrole nitrogens is 1. The van der Waals surface area contributed by atoms with E-state index >= 15 is 0 Å². The van der Waals surface area contributed by atoms with Crippen molar-refractivity contribution in [2.24, 2.45) is 0 Å². The molecule has 0 radical (unpaired) electrons. The van der Waals surface area contributed by atoms with Crippen molar-refractivity contribution in [3.05, 3.63) is 78.3 Å². The number of nitrogens with zero attached hydrogens (tertiary/aromatic N) is 6. The van der Waals surface area contributed by atoms with Gasteiger partial charge in [0.2, 0.25) is 12.1 Å². The quantitative estimate of drug-likeness (QED) is 0.397. The van der Waals surface area contributed by atoms with Crippen LogP contribution in [-0.4, -0.2) is 61.8 Å². The average Bonchev–Trinajstić information content (AvgIpc) is 3.51. The molecule has 3 aromatic heterocycles.